The van der Waals surface area contributed by atoms with E-state index in [-0.39, 0.29) is 11.5 Å². The van der Waals surface area contributed by atoms with Gasteiger partial charge in [-0.2, -0.15) is 0 Å². The molecule has 7 heteroatoms. The lowest BCUT2D eigenvalue weighted by atomic mass is 9.47. The predicted molar refractivity (Wildman–Crippen MR) is 323 cm³/mol. The number of benzene rings is 9. The monoisotopic (exact) mass is 1010 g/mol. The van der Waals surface area contributed by atoms with Crippen molar-refractivity contribution in [3.8, 4) is 17.2 Å². The lowest BCUT2D eigenvalue weighted by Crippen LogP contribution is -2.52. The Labute approximate surface area is 448 Å². The number of hydrogen-bond donors (Lipinski definition) is 0. The van der Waals surface area contributed by atoms with E-state index in [1.54, 1.807) is 38.1 Å². The van der Waals surface area contributed by atoms with E-state index in [2.05, 4.69) is 141 Å². The summed E-state index contributed by atoms with van der Waals surface area (Å²) in [5.74, 6) is 2.46. The molecule has 13 aromatic carbocycles. The van der Waals surface area contributed by atoms with Crippen LogP contribution in [-0.2, 0) is 10.8 Å². The van der Waals surface area contributed by atoms with E-state index in [1.807, 2.05) is 0 Å². The molecule has 384 valence electrons. The lowest BCUT2D eigenvalue weighted by molar-refractivity contribution is 0.202. The summed E-state index contributed by atoms with van der Waals surface area (Å²) >= 11 is 0. The fraction of sp³-hybridized carbons (Fsp3) is 0.371. The summed E-state index contributed by atoms with van der Waals surface area (Å²) in [6, 6.07) is 24.7. The SMILES string of the molecule is CCN(CC)CCCOc1ccc(C2N(C)CC34C5=c6ccc7c8ccc9c%10ccc%11c%12ccc%13c%14c(c%15c%16c3c6c7c3c8c9c6c%10c%11c(c%14%12)c%15c6c%163)C24C=%13C=C5)c(OCCCN(CC)CC)c1OCCCN(CC)CC. The van der Waals surface area contributed by atoms with Gasteiger partial charge in [0, 0.05) is 31.7 Å². The van der Waals surface area contributed by atoms with Crippen LogP contribution in [0.4, 0.5) is 0 Å². The van der Waals surface area contributed by atoms with Crippen molar-refractivity contribution in [3.63, 3.8) is 0 Å². The Morgan fingerprint density at radius 1 is 0.429 bits per heavy atom. The van der Waals surface area contributed by atoms with Crippen molar-refractivity contribution in [1.82, 2.24) is 19.6 Å². The zero-order valence-corrected chi connectivity index (χ0v) is 45.8. The lowest BCUT2D eigenvalue weighted by Gasteiger charge is -2.52. The van der Waals surface area contributed by atoms with Crippen LogP contribution < -0.4 is 24.6 Å². The second-order valence-electron chi connectivity index (χ2n) is 24.1. The quantitative estimate of drug-likeness (QED) is 0.0495. The second kappa shape index (κ2) is 15.0. The molecular weight excluding hydrogens is 945 g/mol. The van der Waals surface area contributed by atoms with E-state index < -0.39 is 5.41 Å². The van der Waals surface area contributed by atoms with Crippen LogP contribution in [0.25, 0.3) is 130 Å². The maximum Gasteiger partial charge on any atom is 0.203 e. The van der Waals surface area contributed by atoms with Crippen LogP contribution in [0.2, 0.25) is 0 Å². The van der Waals surface area contributed by atoms with E-state index in [0.717, 1.165) is 102 Å². The van der Waals surface area contributed by atoms with Crippen LogP contribution in [0.3, 0.4) is 0 Å². The maximum atomic E-state index is 7.54. The predicted octanol–water partition coefficient (Wildman–Crippen LogP) is 13.3. The van der Waals surface area contributed by atoms with Crippen molar-refractivity contribution in [2.45, 2.75) is 77.7 Å². The van der Waals surface area contributed by atoms with E-state index in [4.69, 9.17) is 14.2 Å². The molecular formula is C70H66N4O3. The molecule has 0 radical (unpaired) electrons. The number of rotatable bonds is 22. The minimum atomic E-state index is -0.474. The molecule has 1 aliphatic heterocycles. The Hall–Kier alpha value is -6.48. The third kappa shape index (κ3) is 4.67. The number of nitrogens with zero attached hydrogens (tertiary/aromatic N) is 4. The van der Waals surface area contributed by atoms with Gasteiger partial charge in [-0.25, -0.2) is 0 Å². The molecule has 1 heterocycles. The molecule has 3 atom stereocenters. The van der Waals surface area contributed by atoms with Gasteiger partial charge in [0.25, 0.3) is 0 Å². The van der Waals surface area contributed by atoms with Crippen LogP contribution in [0.15, 0.2) is 72.8 Å². The van der Waals surface area contributed by atoms with Gasteiger partial charge in [0.05, 0.1) is 36.7 Å². The third-order valence-corrected chi connectivity index (χ3v) is 21.6. The molecule has 3 unspecified atom stereocenters. The van der Waals surface area contributed by atoms with Crippen molar-refractivity contribution in [1.29, 1.82) is 0 Å². The normalized spacial score (nSPS) is 20.8. The van der Waals surface area contributed by atoms with Crippen LogP contribution in [0.1, 0.15) is 83.5 Å². The Kier molecular flexibility index (Phi) is 8.67. The van der Waals surface area contributed by atoms with Crippen molar-refractivity contribution in [3.05, 3.63) is 99.9 Å². The molecule has 7 nitrogen and oxygen atoms in total. The minimum absolute atomic E-state index is 0.0844. The van der Waals surface area contributed by atoms with Gasteiger partial charge in [0.2, 0.25) is 5.75 Å². The first-order valence-electron chi connectivity index (χ1n) is 29.7. The smallest absolute Gasteiger partial charge is 0.203 e. The average molecular weight is 1010 g/mol. The van der Waals surface area contributed by atoms with E-state index >= 15 is 0 Å². The van der Waals surface area contributed by atoms with Gasteiger partial charge in [-0.15, -0.1) is 0 Å². The summed E-state index contributed by atoms with van der Waals surface area (Å²) < 4.78 is 21.8. The number of allylic oxidation sites excluding steroid dienone is 2. The molecule has 0 saturated carbocycles. The molecule has 5 aliphatic rings. The van der Waals surface area contributed by atoms with E-state index in [1.165, 1.54) is 119 Å². The van der Waals surface area contributed by atoms with Gasteiger partial charge in [-0.1, -0.05) is 102 Å². The summed E-state index contributed by atoms with van der Waals surface area (Å²) in [5, 5.41) is 35.8. The Balaban J connectivity index is 0.947. The van der Waals surface area contributed by atoms with Crippen LogP contribution >= 0.6 is 0 Å². The highest BCUT2D eigenvalue weighted by Crippen LogP contribution is 2.78. The van der Waals surface area contributed by atoms with Crippen molar-refractivity contribution >= 4 is 130 Å². The van der Waals surface area contributed by atoms with E-state index in [0.29, 0.717) is 19.8 Å². The van der Waals surface area contributed by atoms with E-state index in [9.17, 15) is 0 Å². The minimum Gasteiger partial charge on any atom is -0.489 e. The first-order valence-corrected chi connectivity index (χ1v) is 29.7. The number of likely N-dealkylation sites (N-methyl/N-ethyl adjacent to an activating group) is 1. The van der Waals surface area contributed by atoms with Crippen molar-refractivity contribution in [2.24, 2.45) is 0 Å². The summed E-state index contributed by atoms with van der Waals surface area (Å²) in [6.45, 7) is 25.5. The molecule has 0 amide bonds. The Morgan fingerprint density at radius 2 is 0.831 bits per heavy atom. The van der Waals surface area contributed by atoms with Gasteiger partial charge in [0.15, 0.2) is 11.5 Å². The second-order valence-corrected chi connectivity index (χ2v) is 24.1. The highest BCUT2D eigenvalue weighted by molar-refractivity contribution is 6.64. The fourth-order valence-electron chi connectivity index (χ4n) is 18.8. The standard InChI is InChI=1S/C70H66N4O3/c1-8-72(9-2)29-14-32-75-47-28-25-44(66(76-33-15-30-73(10-3)11-4)67(47)77-34-16-31-74(12-5)13-6)68-70-46-27-26-45-42-23-21-40-38-19-17-36-37-18-20-39-41-22-24-43(46)55-53(41)58-51(39)49(37)56-48(36)50(38)57-52(40)54(42)64(69(45,70)35-71(68)7)62-60(57)59(56)61(58)63(62)65(55)70/h17-28,68H,8-16,29-35H2,1-7H3. The molecule has 2 spiro atoms. The topological polar surface area (TPSA) is 40.6 Å². The first-order chi connectivity index (χ1) is 37.9. The summed E-state index contributed by atoms with van der Waals surface area (Å²) in [6.07, 6.45) is 8.01. The fourth-order valence-corrected chi connectivity index (χ4v) is 18.8. The molecule has 0 aromatic heterocycles. The number of ether oxygens (including phenoxy) is 3. The molecule has 4 aliphatic carbocycles. The third-order valence-electron chi connectivity index (χ3n) is 21.6. The van der Waals surface area contributed by atoms with Crippen molar-refractivity contribution in [2.75, 3.05) is 92.3 Å². The number of hydrogen-bond acceptors (Lipinski definition) is 7. The summed E-state index contributed by atoms with van der Waals surface area (Å²) in [4.78, 5) is 10.3. The average Bonchev–Trinajstić information content (AvgIpc) is 1.57. The number of likely N-dealkylation sites (tertiary alicyclic amines) is 1. The zero-order valence-electron chi connectivity index (χ0n) is 45.8. The van der Waals surface area contributed by atoms with Crippen LogP contribution in [0, 0.1) is 0 Å². The summed E-state index contributed by atoms with van der Waals surface area (Å²) in [5.41, 5.74) is 6.58. The molecule has 77 heavy (non-hydrogen) atoms. The van der Waals surface area contributed by atoms with Crippen molar-refractivity contribution < 1.29 is 14.2 Å². The summed E-state index contributed by atoms with van der Waals surface area (Å²) in [7, 11) is 2.45. The molecule has 1 fully saturated rings. The first kappa shape index (κ1) is 44.5. The highest BCUT2D eigenvalue weighted by atomic mass is 16.5. The van der Waals surface area contributed by atoms with Gasteiger partial charge >= 0.3 is 0 Å². The molecule has 0 bridgehead atoms. The highest BCUT2D eigenvalue weighted by Gasteiger charge is 2.74. The van der Waals surface area contributed by atoms with Gasteiger partial charge in [-0.05, 0) is 229 Å². The largest absolute Gasteiger partial charge is 0.489 e. The van der Waals surface area contributed by atoms with Gasteiger partial charge < -0.3 is 28.9 Å². The number of fused-ring (bicyclic) bond motifs is 3. The Morgan fingerprint density at radius 3 is 1.35 bits per heavy atom. The zero-order chi connectivity index (χ0) is 51.3. The molecule has 1 saturated heterocycles. The van der Waals surface area contributed by atoms with Crippen LogP contribution in [0.5, 0.6) is 17.2 Å². The molecule has 13 aromatic rings. The molecule has 18 rings (SSSR count). The Bertz CT molecular complexity index is 4740. The van der Waals surface area contributed by atoms with Crippen LogP contribution in [-0.4, -0.2) is 112 Å². The van der Waals surface area contributed by atoms with Gasteiger partial charge in [0.1, 0.15) is 0 Å². The maximum absolute atomic E-state index is 7.54. The molecule has 0 N–H and O–H groups in total. The van der Waals surface area contributed by atoms with Gasteiger partial charge in [-0.3, -0.25) is 4.90 Å².